The Kier molecular flexibility index (Phi) is 7.54. The molecule has 0 bridgehead atoms. The number of carbonyl (C=O) groups is 1. The fourth-order valence-corrected chi connectivity index (χ4v) is 4.31. The number of rotatable bonds is 4. The van der Waals surface area contributed by atoms with Gasteiger partial charge in [-0.3, -0.25) is 0 Å². The lowest BCUT2D eigenvalue weighted by Gasteiger charge is -2.33. The van der Waals surface area contributed by atoms with Gasteiger partial charge in [-0.2, -0.15) is 0 Å². The molecule has 0 saturated carbocycles. The summed E-state index contributed by atoms with van der Waals surface area (Å²) in [6.45, 7) is 7.42. The van der Waals surface area contributed by atoms with E-state index in [1.54, 1.807) is 0 Å². The summed E-state index contributed by atoms with van der Waals surface area (Å²) in [6, 6.07) is 27.1. The minimum absolute atomic E-state index is 0.0897. The van der Waals surface area contributed by atoms with Crippen molar-refractivity contribution in [3.63, 3.8) is 0 Å². The first-order chi connectivity index (χ1) is 13.3. The van der Waals surface area contributed by atoms with Crippen molar-refractivity contribution in [3.05, 3.63) is 106 Å². The van der Waals surface area contributed by atoms with Gasteiger partial charge in [0, 0.05) is 5.97 Å². The van der Waals surface area contributed by atoms with Crippen LogP contribution in [0.5, 0.6) is 0 Å². The van der Waals surface area contributed by atoms with Gasteiger partial charge in [-0.1, -0.05) is 89.5 Å². The zero-order chi connectivity index (χ0) is 20.7. The van der Waals surface area contributed by atoms with Crippen LogP contribution < -0.4 is 5.11 Å². The Hall–Kier alpha value is -2.44. The van der Waals surface area contributed by atoms with E-state index in [2.05, 4.69) is 103 Å². The summed E-state index contributed by atoms with van der Waals surface area (Å²) < 4.78 is 0. The van der Waals surface area contributed by atoms with Crippen molar-refractivity contribution < 1.29 is 9.90 Å². The lowest BCUT2D eigenvalue weighted by Crippen LogP contribution is -2.31. The van der Waals surface area contributed by atoms with Gasteiger partial charge in [-0.15, -0.1) is 0 Å². The molecule has 3 aromatic carbocycles. The van der Waals surface area contributed by atoms with Crippen LogP contribution in [0.15, 0.2) is 72.8 Å². The number of carbonyl (C=O) groups excluding carboxylic acids is 1. The fourth-order valence-electron chi connectivity index (χ4n) is 3.45. The van der Waals surface area contributed by atoms with Crippen LogP contribution in [0, 0.1) is 20.8 Å². The quantitative estimate of drug-likeness (QED) is 0.490. The summed E-state index contributed by atoms with van der Waals surface area (Å²) in [4.78, 5) is 8.89. The summed E-state index contributed by atoms with van der Waals surface area (Å²) >= 11 is 0. The van der Waals surface area contributed by atoms with Crippen molar-refractivity contribution in [1.82, 2.24) is 0 Å². The van der Waals surface area contributed by atoms with E-state index in [-0.39, 0.29) is 5.41 Å². The van der Waals surface area contributed by atoms with Crippen LogP contribution >= 0.6 is 9.24 Å². The van der Waals surface area contributed by atoms with E-state index in [0.717, 1.165) is 13.1 Å². The molecule has 3 rings (SSSR count). The maximum absolute atomic E-state index is 8.89. The smallest absolute Gasteiger partial charge is 0.0782 e. The third-order valence-electron chi connectivity index (χ3n) is 5.01. The standard InChI is InChI=1S/C23H25P.C2H4O2/c1-17-4-10-20(11-5-17)23(16-24,21-12-6-18(2)7-13-21)22-14-8-19(3)9-15-22;1-2(3)4/h4-15H,16,24H2,1-3H3;1H3,(H,3,4). The SMILES string of the molecule is CC(=O)[O-].Cc1ccc(C(C[PH3+])(c2ccc(C)cc2)c2ccc(C)cc2)cc1. The van der Waals surface area contributed by atoms with Gasteiger partial charge in [0.05, 0.1) is 11.6 Å². The number of carboxylic acids is 1. The Labute approximate surface area is 170 Å². The summed E-state index contributed by atoms with van der Waals surface area (Å²) in [5.41, 5.74) is 7.94. The molecule has 1 atom stereocenters. The molecule has 0 amide bonds. The second-order valence-corrected chi connectivity index (χ2v) is 7.74. The van der Waals surface area contributed by atoms with Gasteiger partial charge >= 0.3 is 0 Å². The van der Waals surface area contributed by atoms with E-state index >= 15 is 0 Å². The van der Waals surface area contributed by atoms with Crippen molar-refractivity contribution in [1.29, 1.82) is 0 Å². The van der Waals surface area contributed by atoms with Crippen LogP contribution in [0.2, 0.25) is 0 Å². The molecule has 0 fully saturated rings. The van der Waals surface area contributed by atoms with E-state index in [1.807, 2.05) is 0 Å². The first-order valence-electron chi connectivity index (χ1n) is 9.48. The maximum Gasteiger partial charge on any atom is 0.0782 e. The molecule has 0 radical (unpaired) electrons. The zero-order valence-corrected chi connectivity index (χ0v) is 18.6. The molecule has 0 saturated heterocycles. The van der Waals surface area contributed by atoms with Crippen LogP contribution in [0.4, 0.5) is 0 Å². The van der Waals surface area contributed by atoms with Crippen molar-refractivity contribution in [3.8, 4) is 0 Å². The predicted molar refractivity (Wildman–Crippen MR) is 120 cm³/mol. The van der Waals surface area contributed by atoms with Crippen molar-refractivity contribution in [2.45, 2.75) is 33.1 Å². The number of hydrogen-bond acceptors (Lipinski definition) is 2. The molecule has 0 aromatic heterocycles. The summed E-state index contributed by atoms with van der Waals surface area (Å²) in [5, 5.41) is 8.89. The average molecular weight is 392 g/mol. The minimum atomic E-state index is -1.08. The Bertz CT molecular complexity index is 780. The number of carboxylic acid groups (broad SMARTS) is 1. The molecule has 0 aliphatic carbocycles. The highest BCUT2D eigenvalue weighted by Gasteiger charge is 2.36. The van der Waals surface area contributed by atoms with Crippen LogP contribution in [0.3, 0.4) is 0 Å². The molecule has 0 N–H and O–H groups in total. The van der Waals surface area contributed by atoms with Gasteiger partial charge in [0.1, 0.15) is 0 Å². The van der Waals surface area contributed by atoms with Gasteiger partial charge in [0.15, 0.2) is 0 Å². The van der Waals surface area contributed by atoms with Crippen molar-refractivity contribution in [2.75, 3.05) is 6.16 Å². The first-order valence-corrected chi connectivity index (χ1v) is 10.5. The fraction of sp³-hybridized carbons (Fsp3) is 0.240. The molecule has 3 aromatic rings. The summed E-state index contributed by atoms with van der Waals surface area (Å²) in [5.74, 6) is -1.08. The van der Waals surface area contributed by atoms with E-state index in [9.17, 15) is 0 Å². The lowest BCUT2D eigenvalue weighted by atomic mass is 9.70. The molecule has 0 spiro atoms. The third-order valence-corrected chi connectivity index (χ3v) is 5.76. The Morgan fingerprint density at radius 1 is 0.714 bits per heavy atom. The van der Waals surface area contributed by atoms with E-state index in [4.69, 9.17) is 9.90 Å². The molecule has 0 heterocycles. The molecule has 0 aliphatic heterocycles. The summed E-state index contributed by atoms with van der Waals surface area (Å²) in [7, 11) is 2.06. The second-order valence-electron chi connectivity index (χ2n) is 7.24. The van der Waals surface area contributed by atoms with E-state index < -0.39 is 5.97 Å². The predicted octanol–water partition coefficient (Wildman–Crippen LogP) is 4.31. The topological polar surface area (TPSA) is 40.1 Å². The third kappa shape index (κ3) is 5.09. The molecule has 1 unspecified atom stereocenters. The van der Waals surface area contributed by atoms with Crippen molar-refractivity contribution >= 4 is 15.2 Å². The minimum Gasteiger partial charge on any atom is -0.550 e. The largest absolute Gasteiger partial charge is 0.550 e. The molecule has 146 valence electrons. The van der Waals surface area contributed by atoms with Gasteiger partial charge in [0.25, 0.3) is 0 Å². The Morgan fingerprint density at radius 2 is 0.929 bits per heavy atom. The molecular formula is C25H29O2P. The van der Waals surface area contributed by atoms with E-state index in [0.29, 0.717) is 0 Å². The molecular weight excluding hydrogens is 363 g/mol. The van der Waals surface area contributed by atoms with Gasteiger partial charge in [0.2, 0.25) is 0 Å². The number of aryl methyl sites for hydroxylation is 3. The highest BCUT2D eigenvalue weighted by Crippen LogP contribution is 2.41. The molecule has 2 nitrogen and oxygen atoms in total. The second kappa shape index (κ2) is 9.66. The zero-order valence-electron chi connectivity index (χ0n) is 17.2. The van der Waals surface area contributed by atoms with Crippen molar-refractivity contribution in [2.24, 2.45) is 0 Å². The first kappa shape index (κ1) is 21.9. The Balaban J connectivity index is 0.000000640. The van der Waals surface area contributed by atoms with Crippen LogP contribution in [0.1, 0.15) is 40.3 Å². The Morgan fingerprint density at radius 3 is 1.11 bits per heavy atom. The van der Waals surface area contributed by atoms with Gasteiger partial charge in [-0.25, -0.2) is 0 Å². The maximum atomic E-state index is 8.89. The average Bonchev–Trinajstić information content (AvgIpc) is 2.66. The number of aliphatic carboxylic acids is 1. The highest BCUT2D eigenvalue weighted by atomic mass is 31.0. The van der Waals surface area contributed by atoms with Crippen LogP contribution in [-0.4, -0.2) is 12.1 Å². The molecule has 28 heavy (non-hydrogen) atoms. The van der Waals surface area contributed by atoms with Gasteiger partial charge < -0.3 is 9.90 Å². The number of hydrogen-bond donors (Lipinski definition) is 0. The normalized spacial score (nSPS) is 10.9. The molecule has 3 heteroatoms. The lowest BCUT2D eigenvalue weighted by molar-refractivity contribution is -0.302. The monoisotopic (exact) mass is 392 g/mol. The van der Waals surface area contributed by atoms with Gasteiger partial charge in [-0.05, 0) is 53.6 Å². The number of benzene rings is 3. The molecule has 0 aliphatic rings. The van der Waals surface area contributed by atoms with E-state index in [1.165, 1.54) is 33.4 Å². The highest BCUT2D eigenvalue weighted by molar-refractivity contribution is 7.16. The van der Waals surface area contributed by atoms with Crippen LogP contribution in [-0.2, 0) is 10.2 Å². The summed E-state index contributed by atoms with van der Waals surface area (Å²) in [6.07, 6.45) is 1.06. The van der Waals surface area contributed by atoms with Crippen LogP contribution in [0.25, 0.3) is 0 Å².